The topological polar surface area (TPSA) is 84.5 Å². The van der Waals surface area contributed by atoms with Crippen LogP contribution in [0.3, 0.4) is 0 Å². The number of amides is 1. The Morgan fingerprint density at radius 3 is 2.53 bits per heavy atom. The number of benzene rings is 2. The monoisotopic (exact) mass is 473 g/mol. The van der Waals surface area contributed by atoms with Gasteiger partial charge in [-0.1, -0.05) is 36.8 Å². The van der Waals surface area contributed by atoms with E-state index in [1.54, 1.807) is 6.07 Å². The molecule has 1 heterocycles. The van der Waals surface area contributed by atoms with Gasteiger partial charge in [0.1, 0.15) is 0 Å². The van der Waals surface area contributed by atoms with Crippen molar-refractivity contribution in [1.82, 2.24) is 15.8 Å². The summed E-state index contributed by atoms with van der Waals surface area (Å²) in [4.78, 5) is 24.6. The molecule has 1 fully saturated rings. The fourth-order valence-corrected chi connectivity index (χ4v) is 4.42. The summed E-state index contributed by atoms with van der Waals surface area (Å²) in [5.74, 6) is -1.05. The number of nitrogens with one attached hydrogen (secondary N) is 2. The third-order valence-corrected chi connectivity index (χ3v) is 6.46. The number of hydrogen-bond acceptors (Lipinski definition) is 6. The first-order valence-corrected chi connectivity index (χ1v) is 12.8. The number of carbonyl (C=O) groups excluding carboxylic acids is 2. The molecule has 1 saturated heterocycles. The second kappa shape index (κ2) is 14.3. The van der Waals surface area contributed by atoms with Crippen LogP contribution in [0.25, 0.3) is 17.2 Å². The zero-order chi connectivity index (χ0) is 23.6. The number of aryl methyl sites for hydroxylation is 1. The molecule has 6 nitrogen and oxygen atoms in total. The van der Waals surface area contributed by atoms with Crippen LogP contribution in [0.1, 0.15) is 47.2 Å². The van der Waals surface area contributed by atoms with E-state index in [2.05, 4.69) is 15.8 Å². The maximum Gasteiger partial charge on any atom is 1.00 e. The molecule has 34 heavy (non-hydrogen) atoms. The molecule has 0 spiro atoms. The first-order valence-electron chi connectivity index (χ1n) is 11.4. The number of carbonyl (C=O) groups is 2. The fourth-order valence-electron chi connectivity index (χ4n) is 3.94. The summed E-state index contributed by atoms with van der Waals surface area (Å²) in [5, 5.41) is 16.4. The molecule has 1 atom stereocenters. The Balaban J connectivity index is 0.00000408. The second-order valence-electron chi connectivity index (χ2n) is 8.26. The Hall–Kier alpha value is -2.17. The van der Waals surface area contributed by atoms with E-state index in [9.17, 15) is 14.7 Å². The minimum Gasteiger partial charge on any atom is -0.548 e. The van der Waals surface area contributed by atoms with Crippen LogP contribution in [0.5, 0.6) is 0 Å². The number of carboxylic acids is 1. The minimum atomic E-state index is -1.27. The molecule has 1 aliphatic heterocycles. The standard InChI is InChI=1S/C26H33N3O3S.Li/c1-19-8-4-5-9-21(19)23-18-20(12-14-27-29-15-6-3-7-16-29)10-11-22(23)25(30)28-24(26(31)32)13-17-33-2;/h4-5,8-12,14,18,24,27H,3,6-7,13,15-17H2,1-2H3,(H,28,30)(H,31,32);/q;+1/p-1/b14-12+;. The first-order chi connectivity index (χ1) is 16.0. The van der Waals surface area contributed by atoms with Gasteiger partial charge in [0.15, 0.2) is 0 Å². The van der Waals surface area contributed by atoms with E-state index in [1.165, 1.54) is 31.0 Å². The van der Waals surface area contributed by atoms with E-state index in [1.807, 2.05) is 61.9 Å². The summed E-state index contributed by atoms with van der Waals surface area (Å²) in [6.45, 7) is 4.07. The summed E-state index contributed by atoms with van der Waals surface area (Å²) in [6, 6.07) is 12.5. The molecule has 1 amide bonds. The van der Waals surface area contributed by atoms with Crippen LogP contribution in [-0.4, -0.2) is 48.0 Å². The molecule has 0 aliphatic carbocycles. The number of aliphatic carboxylic acids is 1. The molecule has 1 unspecified atom stereocenters. The molecular formula is C26H32LiN3O3S. The van der Waals surface area contributed by atoms with E-state index in [4.69, 9.17) is 0 Å². The van der Waals surface area contributed by atoms with Crippen LogP contribution in [0.4, 0.5) is 0 Å². The molecular weight excluding hydrogens is 441 g/mol. The van der Waals surface area contributed by atoms with Crippen molar-refractivity contribution in [3.63, 3.8) is 0 Å². The molecule has 0 aromatic heterocycles. The van der Waals surface area contributed by atoms with Gasteiger partial charge in [0.2, 0.25) is 0 Å². The van der Waals surface area contributed by atoms with E-state index in [-0.39, 0.29) is 18.9 Å². The SMILES string of the molecule is CSCCC(NC(=O)c1ccc(/C=C/NN2CCCCC2)cc1-c1ccccc1C)C(=O)[O-].[Li+]. The Kier molecular flexibility index (Phi) is 11.8. The summed E-state index contributed by atoms with van der Waals surface area (Å²) in [6.07, 6.45) is 9.81. The Bertz CT molecular complexity index is 993. The largest absolute Gasteiger partial charge is 1.00 e. The Morgan fingerprint density at radius 2 is 1.85 bits per heavy atom. The molecule has 2 aromatic rings. The van der Waals surface area contributed by atoms with Crippen LogP contribution in [0.2, 0.25) is 0 Å². The van der Waals surface area contributed by atoms with Crippen LogP contribution < -0.4 is 34.7 Å². The number of hydrogen-bond donors (Lipinski definition) is 2. The number of rotatable bonds is 10. The molecule has 176 valence electrons. The predicted octanol–water partition coefficient (Wildman–Crippen LogP) is 0.229. The molecule has 0 saturated carbocycles. The maximum atomic E-state index is 13.1. The van der Waals surface area contributed by atoms with Crippen LogP contribution in [0, 0.1) is 6.92 Å². The fraction of sp³-hybridized carbons (Fsp3) is 0.385. The van der Waals surface area contributed by atoms with Gasteiger partial charge < -0.3 is 20.6 Å². The van der Waals surface area contributed by atoms with E-state index in [0.717, 1.165) is 35.3 Å². The van der Waals surface area contributed by atoms with Crippen molar-refractivity contribution >= 4 is 29.7 Å². The minimum absolute atomic E-state index is 0. The number of hydrazine groups is 1. The van der Waals surface area contributed by atoms with E-state index in [0.29, 0.717) is 17.7 Å². The summed E-state index contributed by atoms with van der Waals surface area (Å²) in [7, 11) is 0. The zero-order valence-electron chi connectivity index (χ0n) is 20.3. The third kappa shape index (κ3) is 7.95. The number of thioether (sulfide) groups is 1. The van der Waals surface area contributed by atoms with Crippen LogP contribution >= 0.6 is 11.8 Å². The van der Waals surface area contributed by atoms with Gasteiger partial charge in [-0.25, -0.2) is 5.01 Å². The molecule has 1 aliphatic rings. The Labute approximate surface area is 218 Å². The quantitative estimate of drug-likeness (QED) is 0.481. The molecule has 2 aromatic carbocycles. The van der Waals surface area contributed by atoms with Gasteiger partial charge in [-0.3, -0.25) is 4.79 Å². The Morgan fingerprint density at radius 1 is 1.12 bits per heavy atom. The molecule has 0 bridgehead atoms. The van der Waals surface area contributed by atoms with Crippen molar-refractivity contribution in [1.29, 1.82) is 0 Å². The van der Waals surface area contributed by atoms with Crippen LogP contribution in [0.15, 0.2) is 48.7 Å². The number of carboxylic acid groups (broad SMARTS) is 1. The van der Waals surface area contributed by atoms with E-state index >= 15 is 0 Å². The number of nitrogens with zero attached hydrogens (tertiary/aromatic N) is 1. The molecule has 2 N–H and O–H groups in total. The van der Waals surface area contributed by atoms with Crippen molar-refractivity contribution < 1.29 is 33.6 Å². The zero-order valence-corrected chi connectivity index (χ0v) is 21.1. The summed E-state index contributed by atoms with van der Waals surface area (Å²) >= 11 is 1.53. The molecule has 3 rings (SSSR count). The average Bonchev–Trinajstić information content (AvgIpc) is 2.82. The second-order valence-corrected chi connectivity index (χ2v) is 9.24. The van der Waals surface area contributed by atoms with Crippen LogP contribution in [-0.2, 0) is 4.79 Å². The van der Waals surface area contributed by atoms with Gasteiger partial charge >= 0.3 is 18.9 Å². The van der Waals surface area contributed by atoms with Gasteiger partial charge in [-0.2, -0.15) is 11.8 Å². The van der Waals surface area contributed by atoms with Gasteiger partial charge in [0, 0.05) is 24.9 Å². The molecule has 0 radical (unpaired) electrons. The summed E-state index contributed by atoms with van der Waals surface area (Å²) < 4.78 is 0. The van der Waals surface area contributed by atoms with Crippen molar-refractivity contribution in [3.8, 4) is 11.1 Å². The van der Waals surface area contributed by atoms with Crippen molar-refractivity contribution in [2.75, 3.05) is 25.1 Å². The predicted molar refractivity (Wildman–Crippen MR) is 133 cm³/mol. The van der Waals surface area contributed by atoms with Gasteiger partial charge in [0.05, 0.1) is 12.0 Å². The third-order valence-electron chi connectivity index (χ3n) is 5.81. The first kappa shape index (κ1) is 28.1. The summed E-state index contributed by atoms with van der Waals surface area (Å²) in [5.41, 5.74) is 7.48. The van der Waals surface area contributed by atoms with Crippen molar-refractivity contribution in [3.05, 3.63) is 65.4 Å². The number of piperidine rings is 1. The van der Waals surface area contributed by atoms with Crippen molar-refractivity contribution in [2.45, 2.75) is 38.6 Å². The van der Waals surface area contributed by atoms with Gasteiger partial charge in [0.25, 0.3) is 5.91 Å². The van der Waals surface area contributed by atoms with E-state index < -0.39 is 17.9 Å². The van der Waals surface area contributed by atoms with Gasteiger partial charge in [-0.05, 0) is 78.7 Å². The smallest absolute Gasteiger partial charge is 0.548 e. The maximum absolute atomic E-state index is 13.1. The normalized spacial score (nSPS) is 14.9. The molecule has 8 heteroatoms. The average molecular weight is 474 g/mol. The van der Waals surface area contributed by atoms with Crippen molar-refractivity contribution in [2.24, 2.45) is 0 Å². The van der Waals surface area contributed by atoms with Gasteiger partial charge in [-0.15, -0.1) is 0 Å².